The van der Waals surface area contributed by atoms with Gasteiger partial charge in [0.25, 0.3) is 5.91 Å². The van der Waals surface area contributed by atoms with Gasteiger partial charge < -0.3 is 41.9 Å². The lowest BCUT2D eigenvalue weighted by atomic mass is 10.4. The zero-order valence-corrected chi connectivity index (χ0v) is 23.9. The van der Waals surface area contributed by atoms with E-state index < -0.39 is 23.7 Å². The van der Waals surface area contributed by atoms with Gasteiger partial charge in [-0.1, -0.05) is 0 Å². The second kappa shape index (κ2) is 20.2. The van der Waals surface area contributed by atoms with E-state index in [1.807, 2.05) is 41.5 Å². The minimum Gasteiger partial charge on any atom is -0.439 e. The first-order chi connectivity index (χ1) is 16.4. The summed E-state index contributed by atoms with van der Waals surface area (Å²) < 4.78 is 39.7. The fourth-order valence-electron chi connectivity index (χ4n) is 3.26. The highest BCUT2D eigenvalue weighted by molar-refractivity contribution is 6.61. The molecular weight excluding hydrogens is 480 g/mol. The predicted molar refractivity (Wildman–Crippen MR) is 132 cm³/mol. The lowest BCUT2D eigenvalue weighted by Gasteiger charge is -2.28. The van der Waals surface area contributed by atoms with Crippen molar-refractivity contribution in [2.75, 3.05) is 59.3 Å². The first kappa shape index (κ1) is 32.9. The van der Waals surface area contributed by atoms with E-state index in [0.29, 0.717) is 77.7 Å². The summed E-state index contributed by atoms with van der Waals surface area (Å²) in [6.45, 7) is 14.8. The molecule has 0 aromatic rings. The van der Waals surface area contributed by atoms with Crippen molar-refractivity contribution < 1.29 is 40.9 Å². The van der Waals surface area contributed by atoms with Crippen molar-refractivity contribution >= 4 is 29.6 Å². The molecule has 2 amide bonds. The van der Waals surface area contributed by atoms with Crippen molar-refractivity contribution in [3.63, 3.8) is 0 Å². The van der Waals surface area contributed by atoms with E-state index >= 15 is 0 Å². The fraction of sp³-hybridized carbons (Fsp3) is 0.905. The molecule has 0 bridgehead atoms. The Kier molecular flexibility index (Phi) is 19.5. The largest absolute Gasteiger partial charge is 0.500 e. The molecule has 0 aliphatic carbocycles. The van der Waals surface area contributed by atoms with Crippen LogP contribution in [0.15, 0.2) is 0 Å². The molecule has 34 heavy (non-hydrogen) atoms. The Labute approximate surface area is 207 Å². The molecule has 2 N–H and O–H groups in total. The molecule has 0 aliphatic rings. The summed E-state index contributed by atoms with van der Waals surface area (Å²) in [5.41, 5.74) is 0. The molecule has 0 saturated carbocycles. The standard InChI is InChI=1S/C21H46N2O9Si2/c1-7-27-33(28-8-2,29-9-3)17-13-15-22-20(24)19-26-21(25)23-16-14-18-34(30-10-4,31-11-5)32-12-6/h7-19H2,1-6H3,(H,22,24)(H,23,25). The third-order valence-electron chi connectivity index (χ3n) is 4.43. The quantitative estimate of drug-likeness (QED) is 0.162. The Balaban J connectivity index is 4.22. The van der Waals surface area contributed by atoms with Gasteiger partial charge >= 0.3 is 23.7 Å². The van der Waals surface area contributed by atoms with Gasteiger partial charge in [0.1, 0.15) is 0 Å². The lowest BCUT2D eigenvalue weighted by molar-refractivity contribution is -0.123. The van der Waals surface area contributed by atoms with Crippen molar-refractivity contribution in [2.45, 2.75) is 66.5 Å². The predicted octanol–water partition coefficient (Wildman–Crippen LogP) is 2.71. The van der Waals surface area contributed by atoms with Crippen LogP contribution in [0.1, 0.15) is 54.4 Å². The molecule has 0 saturated heterocycles. The third-order valence-corrected chi connectivity index (χ3v) is 10.7. The van der Waals surface area contributed by atoms with Crippen LogP contribution in [0.3, 0.4) is 0 Å². The number of amides is 2. The van der Waals surface area contributed by atoms with Crippen molar-refractivity contribution in [1.82, 2.24) is 10.6 Å². The third kappa shape index (κ3) is 14.4. The number of rotatable bonds is 22. The topological polar surface area (TPSA) is 123 Å². The van der Waals surface area contributed by atoms with Crippen molar-refractivity contribution in [3.8, 4) is 0 Å². The van der Waals surface area contributed by atoms with Crippen LogP contribution in [-0.4, -0.2) is 88.9 Å². The molecule has 0 spiro atoms. The summed E-state index contributed by atoms with van der Waals surface area (Å²) >= 11 is 0. The highest BCUT2D eigenvalue weighted by Crippen LogP contribution is 2.18. The van der Waals surface area contributed by atoms with Gasteiger partial charge in [-0.3, -0.25) is 4.79 Å². The van der Waals surface area contributed by atoms with Gasteiger partial charge in [0.15, 0.2) is 6.61 Å². The molecule has 0 fully saturated rings. The number of alkyl carbamates (subject to hydrolysis) is 1. The summed E-state index contributed by atoms with van der Waals surface area (Å²) in [7, 11) is -5.46. The second-order valence-corrected chi connectivity index (χ2v) is 12.5. The monoisotopic (exact) mass is 526 g/mol. The maximum absolute atomic E-state index is 12.0. The van der Waals surface area contributed by atoms with Gasteiger partial charge in [0.05, 0.1) is 0 Å². The van der Waals surface area contributed by atoms with Gasteiger partial charge in [-0.05, 0) is 54.4 Å². The van der Waals surface area contributed by atoms with E-state index in [2.05, 4.69) is 10.6 Å². The zero-order valence-electron chi connectivity index (χ0n) is 21.9. The molecule has 0 aliphatic heterocycles. The van der Waals surface area contributed by atoms with Crippen LogP contribution in [-0.2, 0) is 36.1 Å². The van der Waals surface area contributed by atoms with Crippen LogP contribution < -0.4 is 10.6 Å². The Hall–Kier alpha value is -1.07. The molecule has 11 nitrogen and oxygen atoms in total. The number of hydrogen-bond acceptors (Lipinski definition) is 9. The van der Waals surface area contributed by atoms with E-state index in [1.165, 1.54) is 0 Å². The number of nitrogens with one attached hydrogen (secondary N) is 2. The SMILES string of the molecule is CCO[Si](CCCNC(=O)COC(=O)NCCC[Si](OCC)(OCC)OCC)(OCC)OCC. The van der Waals surface area contributed by atoms with Crippen molar-refractivity contribution in [2.24, 2.45) is 0 Å². The smallest absolute Gasteiger partial charge is 0.439 e. The van der Waals surface area contributed by atoms with Crippen LogP contribution in [0.4, 0.5) is 4.79 Å². The Morgan fingerprint density at radius 3 is 1.29 bits per heavy atom. The minimum absolute atomic E-state index is 0.355. The molecule has 0 aromatic carbocycles. The summed E-state index contributed by atoms with van der Waals surface area (Å²) in [6.07, 6.45) is 0.593. The number of carbonyl (C=O) groups excluding carboxylic acids is 2. The average molecular weight is 527 g/mol. The number of ether oxygens (including phenoxy) is 1. The van der Waals surface area contributed by atoms with Crippen LogP contribution >= 0.6 is 0 Å². The minimum atomic E-state index is -2.73. The Bertz CT molecular complexity index is 464. The Morgan fingerprint density at radius 2 is 0.941 bits per heavy atom. The second-order valence-electron chi connectivity index (χ2n) is 7.02. The van der Waals surface area contributed by atoms with Crippen LogP contribution in [0.5, 0.6) is 0 Å². The van der Waals surface area contributed by atoms with E-state index in [9.17, 15) is 9.59 Å². The molecule has 13 heteroatoms. The van der Waals surface area contributed by atoms with Gasteiger partial charge in [-0.2, -0.15) is 0 Å². The van der Waals surface area contributed by atoms with E-state index in [4.69, 9.17) is 31.3 Å². The van der Waals surface area contributed by atoms with E-state index in [1.54, 1.807) is 0 Å². The van der Waals surface area contributed by atoms with Crippen LogP contribution in [0.2, 0.25) is 12.1 Å². The highest BCUT2D eigenvalue weighted by Gasteiger charge is 2.40. The van der Waals surface area contributed by atoms with Gasteiger partial charge in [-0.15, -0.1) is 0 Å². The molecule has 0 heterocycles. The summed E-state index contributed by atoms with van der Waals surface area (Å²) in [6, 6.07) is 1.18. The van der Waals surface area contributed by atoms with Gasteiger partial charge in [0.2, 0.25) is 0 Å². The maximum atomic E-state index is 12.0. The van der Waals surface area contributed by atoms with E-state index in [0.717, 1.165) is 0 Å². The average Bonchev–Trinajstić information content (AvgIpc) is 2.79. The van der Waals surface area contributed by atoms with E-state index in [-0.39, 0.29) is 12.5 Å². The first-order valence-corrected chi connectivity index (χ1v) is 16.2. The number of carbonyl (C=O) groups is 2. The summed E-state index contributed by atoms with van der Waals surface area (Å²) in [5.74, 6) is -0.373. The molecule has 202 valence electrons. The first-order valence-electron chi connectivity index (χ1n) is 12.4. The molecule has 0 unspecified atom stereocenters. The molecule has 0 atom stereocenters. The molecule has 0 rings (SSSR count). The lowest BCUT2D eigenvalue weighted by Crippen LogP contribution is -2.46. The zero-order chi connectivity index (χ0) is 25.7. The fourth-order valence-corrected chi connectivity index (χ4v) is 8.49. The maximum Gasteiger partial charge on any atom is 0.500 e. The molecule has 0 radical (unpaired) electrons. The van der Waals surface area contributed by atoms with Gasteiger partial charge in [0, 0.05) is 64.8 Å². The van der Waals surface area contributed by atoms with Crippen molar-refractivity contribution in [3.05, 3.63) is 0 Å². The van der Waals surface area contributed by atoms with Crippen LogP contribution in [0, 0.1) is 0 Å². The summed E-state index contributed by atoms with van der Waals surface area (Å²) in [5, 5.41) is 5.37. The van der Waals surface area contributed by atoms with Crippen LogP contribution in [0.25, 0.3) is 0 Å². The number of hydrogen-bond donors (Lipinski definition) is 2. The molecular formula is C21H46N2O9Si2. The molecule has 0 aromatic heterocycles. The Morgan fingerprint density at radius 1 is 0.588 bits per heavy atom. The normalized spacial score (nSPS) is 11.9. The summed E-state index contributed by atoms with van der Waals surface area (Å²) in [4.78, 5) is 23.9. The van der Waals surface area contributed by atoms with Gasteiger partial charge in [-0.25, -0.2) is 4.79 Å². The highest BCUT2D eigenvalue weighted by atomic mass is 28.4. The van der Waals surface area contributed by atoms with Crippen molar-refractivity contribution in [1.29, 1.82) is 0 Å².